The zero-order valence-electron chi connectivity index (χ0n) is 11.0. The van der Waals surface area contributed by atoms with Crippen molar-refractivity contribution in [2.75, 3.05) is 23.3 Å². The smallest absolute Gasteiger partial charge is 0.233 e. The number of nitrogens with one attached hydrogen (secondary N) is 1. The van der Waals surface area contributed by atoms with Crippen LogP contribution in [0.15, 0.2) is 22.7 Å². The average molecular weight is 389 g/mol. The molecule has 2 heterocycles. The van der Waals surface area contributed by atoms with E-state index in [-0.39, 0.29) is 5.28 Å². The first-order valence-electron chi connectivity index (χ1n) is 6.50. The summed E-state index contributed by atoms with van der Waals surface area (Å²) < 4.78 is 0.907. The lowest BCUT2D eigenvalue weighted by Crippen LogP contribution is -2.21. The van der Waals surface area contributed by atoms with Crippen LogP contribution in [-0.2, 0) is 0 Å². The Kier molecular flexibility index (Phi) is 4.47. The Balaban J connectivity index is 1.87. The van der Waals surface area contributed by atoms with Gasteiger partial charge in [-0.15, -0.1) is 0 Å². The van der Waals surface area contributed by atoms with Crippen molar-refractivity contribution in [3.05, 3.63) is 33.0 Å². The number of halogens is 3. The molecule has 0 atom stereocenters. The first kappa shape index (κ1) is 14.8. The quantitative estimate of drug-likeness (QED) is 0.850. The molecule has 21 heavy (non-hydrogen) atoms. The molecule has 0 spiro atoms. The molecule has 1 N–H and O–H groups in total. The number of aromatic nitrogens is 3. The fourth-order valence-electron chi connectivity index (χ4n) is 2.17. The van der Waals surface area contributed by atoms with Crippen molar-refractivity contribution >= 4 is 56.7 Å². The highest BCUT2D eigenvalue weighted by Crippen LogP contribution is 2.28. The van der Waals surface area contributed by atoms with E-state index in [9.17, 15) is 0 Å². The highest BCUT2D eigenvalue weighted by atomic mass is 79.9. The lowest BCUT2D eigenvalue weighted by molar-refractivity contribution is 0.883. The number of rotatable bonds is 3. The molecule has 110 valence electrons. The average Bonchev–Trinajstić information content (AvgIpc) is 2.95. The van der Waals surface area contributed by atoms with Gasteiger partial charge >= 0.3 is 0 Å². The van der Waals surface area contributed by atoms with Crippen molar-refractivity contribution in [2.24, 2.45) is 0 Å². The van der Waals surface area contributed by atoms with Gasteiger partial charge in [0.2, 0.25) is 17.2 Å². The molecule has 1 saturated heterocycles. The van der Waals surface area contributed by atoms with Crippen LogP contribution in [0.5, 0.6) is 0 Å². The van der Waals surface area contributed by atoms with Crippen LogP contribution in [0.25, 0.3) is 0 Å². The molecule has 1 aliphatic heterocycles. The summed E-state index contributed by atoms with van der Waals surface area (Å²) in [5.74, 6) is 0.990. The van der Waals surface area contributed by atoms with Gasteiger partial charge in [-0.2, -0.15) is 15.0 Å². The Morgan fingerprint density at radius 3 is 2.57 bits per heavy atom. The molecule has 2 aromatic rings. The van der Waals surface area contributed by atoms with Gasteiger partial charge in [0.05, 0.1) is 10.7 Å². The van der Waals surface area contributed by atoms with E-state index in [1.54, 1.807) is 6.07 Å². The summed E-state index contributed by atoms with van der Waals surface area (Å²) in [4.78, 5) is 14.8. The zero-order chi connectivity index (χ0) is 14.8. The summed E-state index contributed by atoms with van der Waals surface area (Å²) in [6, 6.07) is 5.53. The van der Waals surface area contributed by atoms with Crippen LogP contribution < -0.4 is 10.2 Å². The monoisotopic (exact) mass is 387 g/mol. The van der Waals surface area contributed by atoms with E-state index >= 15 is 0 Å². The van der Waals surface area contributed by atoms with Crippen LogP contribution in [0.1, 0.15) is 12.8 Å². The first-order chi connectivity index (χ1) is 10.1. The maximum absolute atomic E-state index is 6.18. The van der Waals surface area contributed by atoms with E-state index in [2.05, 4.69) is 41.1 Å². The van der Waals surface area contributed by atoms with E-state index in [4.69, 9.17) is 23.2 Å². The minimum absolute atomic E-state index is 0.169. The van der Waals surface area contributed by atoms with Gasteiger partial charge in [-0.25, -0.2) is 0 Å². The second-order valence-corrected chi connectivity index (χ2v) is 6.33. The van der Waals surface area contributed by atoms with Gasteiger partial charge in [0.15, 0.2) is 0 Å². The van der Waals surface area contributed by atoms with E-state index in [1.807, 2.05) is 12.1 Å². The minimum atomic E-state index is 0.169. The standard InChI is InChI=1S/C13H12BrCl2N5/c14-8-3-4-10(9(15)7-8)17-12-18-11(16)19-13(20-12)21-5-1-2-6-21/h3-4,7H,1-2,5-6H2,(H,17,18,19,20). The Labute approximate surface area is 140 Å². The molecule has 1 aliphatic rings. The van der Waals surface area contributed by atoms with E-state index in [0.717, 1.165) is 36.1 Å². The number of benzene rings is 1. The zero-order valence-corrected chi connectivity index (χ0v) is 14.1. The van der Waals surface area contributed by atoms with Gasteiger partial charge in [0.1, 0.15) is 0 Å². The molecule has 8 heteroatoms. The molecule has 0 bridgehead atoms. The number of nitrogens with zero attached hydrogens (tertiary/aromatic N) is 4. The van der Waals surface area contributed by atoms with E-state index in [0.29, 0.717) is 16.9 Å². The molecule has 1 aromatic carbocycles. The normalized spacial score (nSPS) is 14.5. The Bertz CT molecular complexity index is 661. The van der Waals surface area contributed by atoms with Crippen LogP contribution in [0.3, 0.4) is 0 Å². The van der Waals surface area contributed by atoms with Crippen molar-refractivity contribution in [1.82, 2.24) is 15.0 Å². The Morgan fingerprint density at radius 2 is 1.86 bits per heavy atom. The molecular formula is C13H12BrCl2N5. The van der Waals surface area contributed by atoms with Gasteiger partial charge in [-0.05, 0) is 42.6 Å². The van der Waals surface area contributed by atoms with Gasteiger partial charge < -0.3 is 10.2 Å². The molecule has 0 saturated carbocycles. The van der Waals surface area contributed by atoms with Crippen molar-refractivity contribution in [3.63, 3.8) is 0 Å². The lowest BCUT2D eigenvalue weighted by Gasteiger charge is -2.16. The molecule has 0 aliphatic carbocycles. The van der Waals surface area contributed by atoms with Crippen LogP contribution in [0, 0.1) is 0 Å². The fraction of sp³-hybridized carbons (Fsp3) is 0.308. The van der Waals surface area contributed by atoms with Crippen molar-refractivity contribution in [2.45, 2.75) is 12.8 Å². The summed E-state index contributed by atoms with van der Waals surface area (Å²) in [7, 11) is 0. The van der Waals surface area contributed by atoms with Crippen LogP contribution >= 0.6 is 39.1 Å². The van der Waals surface area contributed by atoms with Gasteiger partial charge in [0, 0.05) is 17.6 Å². The molecule has 5 nitrogen and oxygen atoms in total. The highest BCUT2D eigenvalue weighted by molar-refractivity contribution is 9.10. The van der Waals surface area contributed by atoms with Crippen molar-refractivity contribution in [1.29, 1.82) is 0 Å². The lowest BCUT2D eigenvalue weighted by atomic mass is 10.3. The van der Waals surface area contributed by atoms with Gasteiger partial charge in [-0.3, -0.25) is 0 Å². The summed E-state index contributed by atoms with van der Waals surface area (Å²) in [6.07, 6.45) is 2.29. The predicted octanol–water partition coefficient (Wildman–Crippen LogP) is 4.28. The number of anilines is 3. The molecule has 0 unspecified atom stereocenters. The summed E-state index contributed by atoms with van der Waals surface area (Å²) in [5, 5.41) is 3.82. The molecule has 0 radical (unpaired) electrons. The maximum atomic E-state index is 6.18. The predicted molar refractivity (Wildman–Crippen MR) is 88.7 cm³/mol. The van der Waals surface area contributed by atoms with Crippen LogP contribution in [0.4, 0.5) is 17.6 Å². The highest BCUT2D eigenvalue weighted by Gasteiger charge is 2.17. The molecule has 1 aromatic heterocycles. The molecule has 3 rings (SSSR count). The summed E-state index contributed by atoms with van der Waals surface area (Å²) in [5.41, 5.74) is 0.717. The third kappa shape index (κ3) is 3.56. The fourth-order valence-corrected chi connectivity index (χ4v) is 3.04. The van der Waals surface area contributed by atoms with E-state index < -0.39 is 0 Å². The molecule has 0 amide bonds. The largest absolute Gasteiger partial charge is 0.341 e. The van der Waals surface area contributed by atoms with Crippen molar-refractivity contribution in [3.8, 4) is 0 Å². The van der Waals surface area contributed by atoms with E-state index in [1.165, 1.54) is 0 Å². The molecular weight excluding hydrogens is 377 g/mol. The topological polar surface area (TPSA) is 53.9 Å². The summed E-state index contributed by atoms with van der Waals surface area (Å²) in [6.45, 7) is 1.89. The molecule has 1 fully saturated rings. The van der Waals surface area contributed by atoms with Crippen LogP contribution in [0.2, 0.25) is 10.3 Å². The third-order valence-corrected chi connectivity index (χ3v) is 4.14. The second-order valence-electron chi connectivity index (χ2n) is 4.67. The Hall–Kier alpha value is -1.11. The number of hydrogen-bond donors (Lipinski definition) is 1. The van der Waals surface area contributed by atoms with Gasteiger partial charge in [-0.1, -0.05) is 27.5 Å². The third-order valence-electron chi connectivity index (χ3n) is 3.16. The second kappa shape index (κ2) is 6.34. The first-order valence-corrected chi connectivity index (χ1v) is 8.05. The number of hydrogen-bond acceptors (Lipinski definition) is 5. The maximum Gasteiger partial charge on any atom is 0.233 e. The van der Waals surface area contributed by atoms with Crippen molar-refractivity contribution < 1.29 is 0 Å². The van der Waals surface area contributed by atoms with Gasteiger partial charge in [0.25, 0.3) is 0 Å². The minimum Gasteiger partial charge on any atom is -0.341 e. The summed E-state index contributed by atoms with van der Waals surface area (Å²) >= 11 is 15.5. The van der Waals surface area contributed by atoms with Crippen LogP contribution in [-0.4, -0.2) is 28.0 Å². The Morgan fingerprint density at radius 1 is 1.10 bits per heavy atom. The SMILES string of the molecule is Clc1nc(Nc2ccc(Br)cc2Cl)nc(N2CCCC2)n1.